The van der Waals surface area contributed by atoms with Crippen LogP contribution in [0.25, 0.3) is 0 Å². The quantitative estimate of drug-likeness (QED) is 0.579. The van der Waals surface area contributed by atoms with Crippen molar-refractivity contribution in [3.63, 3.8) is 0 Å². The number of thiophene rings is 1. The fourth-order valence-corrected chi connectivity index (χ4v) is 4.82. The van der Waals surface area contributed by atoms with E-state index in [4.69, 9.17) is 9.47 Å². The van der Waals surface area contributed by atoms with Crippen LogP contribution in [0.2, 0.25) is 0 Å². The Balaban J connectivity index is 1.78. The SMILES string of the molecule is CCC(=O)N(CC(=O)N1CCc2sccc2[C@@H]1COc1cccc(OC)c1)[C@@H](C)CC. The van der Waals surface area contributed by atoms with Crippen LogP contribution in [0.4, 0.5) is 0 Å². The number of fused-ring (bicyclic) bond motifs is 1. The molecule has 0 aliphatic carbocycles. The third-order valence-electron chi connectivity index (χ3n) is 5.92. The van der Waals surface area contributed by atoms with Gasteiger partial charge in [0.1, 0.15) is 24.7 Å². The molecule has 0 saturated carbocycles. The number of hydrogen-bond acceptors (Lipinski definition) is 5. The van der Waals surface area contributed by atoms with E-state index in [0.717, 1.165) is 24.2 Å². The lowest BCUT2D eigenvalue weighted by Gasteiger charge is -2.38. The van der Waals surface area contributed by atoms with Gasteiger partial charge in [-0.15, -0.1) is 11.3 Å². The summed E-state index contributed by atoms with van der Waals surface area (Å²) in [5.41, 5.74) is 1.14. The van der Waals surface area contributed by atoms with Crippen molar-refractivity contribution in [2.75, 3.05) is 26.8 Å². The van der Waals surface area contributed by atoms with Gasteiger partial charge in [-0.3, -0.25) is 9.59 Å². The van der Waals surface area contributed by atoms with Gasteiger partial charge >= 0.3 is 0 Å². The van der Waals surface area contributed by atoms with Gasteiger partial charge < -0.3 is 19.3 Å². The molecule has 0 fully saturated rings. The molecule has 2 atom stereocenters. The van der Waals surface area contributed by atoms with E-state index in [1.54, 1.807) is 23.3 Å². The van der Waals surface area contributed by atoms with Gasteiger partial charge in [-0.05, 0) is 48.9 Å². The van der Waals surface area contributed by atoms with Crippen molar-refractivity contribution in [1.29, 1.82) is 0 Å². The van der Waals surface area contributed by atoms with Crippen LogP contribution in [-0.2, 0) is 16.0 Å². The molecule has 1 aromatic heterocycles. The summed E-state index contributed by atoms with van der Waals surface area (Å²) in [6, 6.07) is 9.42. The minimum Gasteiger partial charge on any atom is -0.497 e. The van der Waals surface area contributed by atoms with Crippen LogP contribution in [0.5, 0.6) is 11.5 Å². The number of nitrogens with zero attached hydrogens (tertiary/aromatic N) is 2. The van der Waals surface area contributed by atoms with Crippen LogP contribution in [-0.4, -0.2) is 54.5 Å². The zero-order valence-electron chi connectivity index (χ0n) is 18.8. The number of methoxy groups -OCH3 is 1. The van der Waals surface area contributed by atoms with E-state index in [2.05, 4.69) is 11.4 Å². The lowest BCUT2D eigenvalue weighted by molar-refractivity contribution is -0.144. The van der Waals surface area contributed by atoms with Crippen LogP contribution in [0.1, 0.15) is 50.1 Å². The maximum absolute atomic E-state index is 13.4. The van der Waals surface area contributed by atoms with Crippen molar-refractivity contribution in [2.45, 2.75) is 52.1 Å². The van der Waals surface area contributed by atoms with E-state index >= 15 is 0 Å². The van der Waals surface area contributed by atoms with Gasteiger partial charge in [-0.2, -0.15) is 0 Å². The first-order valence-corrected chi connectivity index (χ1v) is 11.8. The summed E-state index contributed by atoms with van der Waals surface area (Å²) < 4.78 is 11.4. The fraction of sp³-hybridized carbons (Fsp3) is 0.500. The number of carbonyl (C=O) groups excluding carboxylic acids is 2. The first-order valence-electron chi connectivity index (χ1n) is 10.9. The van der Waals surface area contributed by atoms with Gasteiger partial charge in [0.25, 0.3) is 0 Å². The molecule has 2 heterocycles. The Labute approximate surface area is 188 Å². The molecule has 2 amide bonds. The lowest BCUT2D eigenvalue weighted by atomic mass is 10.00. The van der Waals surface area contributed by atoms with Crippen molar-refractivity contribution >= 4 is 23.2 Å². The normalized spacial score (nSPS) is 16.4. The Morgan fingerprint density at radius 3 is 2.74 bits per heavy atom. The third-order valence-corrected chi connectivity index (χ3v) is 6.91. The summed E-state index contributed by atoms with van der Waals surface area (Å²) in [5, 5.41) is 2.07. The summed E-state index contributed by atoms with van der Waals surface area (Å²) >= 11 is 1.72. The van der Waals surface area contributed by atoms with Crippen molar-refractivity contribution in [3.05, 3.63) is 46.2 Å². The standard InChI is InChI=1S/C24H32N2O4S/c1-5-17(3)26(23(27)6-2)15-24(28)25-12-10-22-20(11-13-31-22)21(25)16-30-19-9-7-8-18(14-19)29-4/h7-9,11,13-14,17,21H,5-6,10,12,15-16H2,1-4H3/t17-,21-/m0/s1. The van der Waals surface area contributed by atoms with Crippen molar-refractivity contribution in [2.24, 2.45) is 0 Å². The van der Waals surface area contributed by atoms with Gasteiger partial charge in [0.15, 0.2) is 0 Å². The van der Waals surface area contributed by atoms with Crippen LogP contribution < -0.4 is 9.47 Å². The number of carbonyl (C=O) groups is 2. The number of benzene rings is 1. The van der Waals surface area contributed by atoms with Crippen molar-refractivity contribution in [3.8, 4) is 11.5 Å². The first-order chi connectivity index (χ1) is 15.0. The molecule has 1 aromatic carbocycles. The second-order valence-electron chi connectivity index (χ2n) is 7.77. The van der Waals surface area contributed by atoms with Crippen molar-refractivity contribution < 1.29 is 19.1 Å². The first kappa shape index (κ1) is 23.1. The summed E-state index contributed by atoms with van der Waals surface area (Å²) in [6.45, 7) is 6.97. The topological polar surface area (TPSA) is 59.1 Å². The number of amides is 2. The summed E-state index contributed by atoms with van der Waals surface area (Å²) in [6.07, 6.45) is 2.05. The molecule has 0 N–H and O–H groups in total. The average Bonchev–Trinajstić information content (AvgIpc) is 3.29. The highest BCUT2D eigenvalue weighted by Gasteiger charge is 2.34. The third kappa shape index (κ3) is 5.39. The van der Waals surface area contributed by atoms with Crippen LogP contribution in [0, 0.1) is 0 Å². The molecule has 3 rings (SSSR count). The molecule has 6 nitrogen and oxygen atoms in total. The smallest absolute Gasteiger partial charge is 0.242 e. The highest BCUT2D eigenvalue weighted by atomic mass is 32.1. The number of ether oxygens (including phenoxy) is 2. The summed E-state index contributed by atoms with van der Waals surface area (Å²) in [7, 11) is 1.62. The minimum absolute atomic E-state index is 0.0140. The van der Waals surface area contributed by atoms with Crippen LogP contribution in [0.15, 0.2) is 35.7 Å². The Morgan fingerprint density at radius 1 is 1.26 bits per heavy atom. The van der Waals surface area contributed by atoms with E-state index in [0.29, 0.717) is 25.3 Å². The monoisotopic (exact) mass is 444 g/mol. The van der Waals surface area contributed by atoms with E-state index in [1.807, 2.05) is 49.9 Å². The predicted molar refractivity (Wildman–Crippen MR) is 123 cm³/mol. The molecule has 0 unspecified atom stereocenters. The van der Waals surface area contributed by atoms with Crippen molar-refractivity contribution in [1.82, 2.24) is 9.80 Å². The molecule has 168 valence electrons. The number of rotatable bonds is 9. The second kappa shape index (κ2) is 10.7. The minimum atomic E-state index is -0.177. The average molecular weight is 445 g/mol. The molecule has 1 aliphatic heterocycles. The highest BCUT2D eigenvalue weighted by Crippen LogP contribution is 2.34. The molecular weight excluding hydrogens is 412 g/mol. The van der Waals surface area contributed by atoms with E-state index < -0.39 is 0 Å². The largest absolute Gasteiger partial charge is 0.497 e. The van der Waals surface area contributed by atoms with Gasteiger partial charge in [0.05, 0.1) is 13.2 Å². The Kier molecular flexibility index (Phi) is 7.96. The molecule has 31 heavy (non-hydrogen) atoms. The molecule has 0 saturated heterocycles. The van der Waals surface area contributed by atoms with E-state index in [-0.39, 0.29) is 30.4 Å². The Hall–Kier alpha value is -2.54. The molecule has 1 aliphatic rings. The Bertz CT molecular complexity index is 897. The zero-order valence-corrected chi connectivity index (χ0v) is 19.6. The highest BCUT2D eigenvalue weighted by molar-refractivity contribution is 7.10. The molecule has 0 bridgehead atoms. The van der Waals surface area contributed by atoms with E-state index in [1.165, 1.54) is 4.88 Å². The molecule has 2 aromatic rings. The summed E-state index contributed by atoms with van der Waals surface area (Å²) in [5.74, 6) is 1.42. The molecule has 0 spiro atoms. The van der Waals surface area contributed by atoms with Gasteiger partial charge in [-0.1, -0.05) is 19.9 Å². The van der Waals surface area contributed by atoms with Gasteiger partial charge in [0.2, 0.25) is 11.8 Å². The van der Waals surface area contributed by atoms with Gasteiger partial charge in [0, 0.05) is 30.0 Å². The van der Waals surface area contributed by atoms with Gasteiger partial charge in [-0.25, -0.2) is 0 Å². The molecule has 0 radical (unpaired) electrons. The zero-order chi connectivity index (χ0) is 22.4. The van der Waals surface area contributed by atoms with E-state index in [9.17, 15) is 9.59 Å². The fourth-order valence-electron chi connectivity index (χ4n) is 3.89. The lowest BCUT2D eigenvalue weighted by Crippen LogP contribution is -2.49. The molecule has 7 heteroatoms. The van der Waals surface area contributed by atoms with Crippen LogP contribution in [0.3, 0.4) is 0 Å². The predicted octanol–water partition coefficient (Wildman–Crippen LogP) is 4.30. The maximum Gasteiger partial charge on any atom is 0.242 e. The summed E-state index contributed by atoms with van der Waals surface area (Å²) in [4.78, 5) is 30.7. The van der Waals surface area contributed by atoms with Crippen LogP contribution >= 0.6 is 11.3 Å². The number of hydrogen-bond donors (Lipinski definition) is 0. The molecular formula is C24H32N2O4S. The maximum atomic E-state index is 13.4. The second-order valence-corrected chi connectivity index (χ2v) is 8.78. The Morgan fingerprint density at radius 2 is 2.03 bits per heavy atom.